The minimum atomic E-state index is -5.08. The second-order valence-corrected chi connectivity index (χ2v) is 8.65. The molecule has 2 aromatic heterocycles. The molecule has 1 aliphatic heterocycles. The van der Waals surface area contributed by atoms with Crippen LogP contribution in [0.5, 0.6) is 0 Å². The van der Waals surface area contributed by atoms with Gasteiger partial charge in [0, 0.05) is 35.6 Å². The summed E-state index contributed by atoms with van der Waals surface area (Å²) >= 11 is 1.39. The van der Waals surface area contributed by atoms with Crippen LogP contribution in [0.2, 0.25) is 0 Å². The van der Waals surface area contributed by atoms with Gasteiger partial charge < -0.3 is 10.4 Å². The van der Waals surface area contributed by atoms with Gasteiger partial charge >= 0.3 is 18.3 Å². The van der Waals surface area contributed by atoms with Crippen molar-refractivity contribution < 1.29 is 40.6 Å². The molecule has 192 valence electrons. The average Bonchev–Trinajstić information content (AvgIpc) is 3.43. The van der Waals surface area contributed by atoms with Crippen LogP contribution in [0.3, 0.4) is 0 Å². The van der Waals surface area contributed by atoms with E-state index in [-0.39, 0.29) is 18.0 Å². The smallest absolute Gasteiger partial charge is 0.475 e. The quantitative estimate of drug-likeness (QED) is 0.441. The number of hydrogen-bond donors (Lipinski definition) is 2. The summed E-state index contributed by atoms with van der Waals surface area (Å²) in [6.45, 7) is 0.131. The fourth-order valence-electron chi connectivity index (χ4n) is 3.72. The maximum absolute atomic E-state index is 13.6. The summed E-state index contributed by atoms with van der Waals surface area (Å²) in [7, 11) is 0. The summed E-state index contributed by atoms with van der Waals surface area (Å²) in [5.41, 5.74) is 1.00. The molecule has 36 heavy (non-hydrogen) atoms. The minimum Gasteiger partial charge on any atom is -0.475 e. The summed E-state index contributed by atoms with van der Waals surface area (Å²) in [6.07, 6.45) is -8.48. The van der Waals surface area contributed by atoms with E-state index in [1.807, 2.05) is 6.07 Å². The zero-order valence-electron chi connectivity index (χ0n) is 18.1. The van der Waals surface area contributed by atoms with Crippen molar-refractivity contribution in [1.29, 1.82) is 5.26 Å². The molecule has 0 aliphatic carbocycles. The predicted octanol–water partition coefficient (Wildman–Crippen LogP) is 5.34. The molecule has 0 bridgehead atoms. The summed E-state index contributed by atoms with van der Waals surface area (Å²) in [4.78, 5) is 10.5. The average molecular weight is 534 g/mol. The van der Waals surface area contributed by atoms with Gasteiger partial charge in [0.05, 0.1) is 6.54 Å². The fraction of sp³-hybridized carbons (Fsp3) is 0.318. The number of rotatable bonds is 4. The van der Waals surface area contributed by atoms with Crippen LogP contribution in [0.4, 0.5) is 30.7 Å². The molecule has 0 spiro atoms. The molecule has 0 saturated heterocycles. The summed E-state index contributed by atoms with van der Waals surface area (Å²) in [5, 5.41) is 23.2. The number of alkyl halides is 7. The van der Waals surface area contributed by atoms with Crippen molar-refractivity contribution in [3.8, 4) is 17.2 Å². The molecule has 3 heterocycles. The van der Waals surface area contributed by atoms with Crippen molar-refractivity contribution in [2.45, 2.75) is 31.4 Å². The lowest BCUT2D eigenvalue weighted by molar-refractivity contribution is -0.192. The Morgan fingerprint density at radius 3 is 2.44 bits per heavy atom. The zero-order chi connectivity index (χ0) is 26.7. The second-order valence-electron chi connectivity index (χ2n) is 7.52. The number of hydrogen-bond acceptors (Lipinski definition) is 5. The van der Waals surface area contributed by atoms with E-state index in [1.165, 1.54) is 17.5 Å². The molecule has 0 saturated carbocycles. The van der Waals surface area contributed by atoms with Gasteiger partial charge in [-0.2, -0.15) is 36.7 Å². The second kappa shape index (κ2) is 10.7. The highest BCUT2D eigenvalue weighted by molar-refractivity contribution is 7.12. The monoisotopic (exact) mass is 534 g/mol. The molecule has 1 aliphatic rings. The molecular weight excluding hydrogens is 517 g/mol. The Labute approximate surface area is 203 Å². The van der Waals surface area contributed by atoms with Crippen LogP contribution in [0.25, 0.3) is 11.1 Å². The molecule has 0 radical (unpaired) electrons. The lowest BCUT2D eigenvalue weighted by Gasteiger charge is -2.26. The number of benzene rings is 1. The van der Waals surface area contributed by atoms with E-state index in [9.17, 15) is 36.0 Å². The minimum absolute atomic E-state index is 0.0654. The lowest BCUT2D eigenvalue weighted by Crippen LogP contribution is -2.27. The Balaban J connectivity index is 0.000000454. The normalized spacial score (nSPS) is 15.4. The van der Waals surface area contributed by atoms with Crippen LogP contribution in [0.1, 0.15) is 32.5 Å². The number of aromatic nitrogens is 2. The molecule has 14 heteroatoms. The largest absolute Gasteiger partial charge is 0.490 e. The number of carboxylic acids is 1. The number of nitrogens with zero attached hydrogens (tertiary/aromatic N) is 3. The molecule has 1 atom stereocenters. The number of carbonyl (C=O) groups is 1. The van der Waals surface area contributed by atoms with Gasteiger partial charge in [-0.05, 0) is 22.8 Å². The van der Waals surface area contributed by atoms with E-state index >= 15 is 0 Å². The Morgan fingerprint density at radius 1 is 1.19 bits per heavy atom. The van der Waals surface area contributed by atoms with Gasteiger partial charge in [-0.25, -0.2) is 9.18 Å². The molecule has 0 fully saturated rings. The van der Waals surface area contributed by atoms with Gasteiger partial charge in [0.1, 0.15) is 17.6 Å². The van der Waals surface area contributed by atoms with Crippen molar-refractivity contribution in [2.24, 2.45) is 0 Å². The third-order valence-electron chi connectivity index (χ3n) is 5.17. The van der Waals surface area contributed by atoms with Crippen LogP contribution in [0, 0.1) is 11.3 Å². The molecule has 6 nitrogen and oxygen atoms in total. The maximum Gasteiger partial charge on any atom is 0.490 e. The topological polar surface area (TPSA) is 90.9 Å². The number of aliphatic carboxylic acids is 1. The maximum atomic E-state index is 13.6. The molecule has 2 N–H and O–H groups in total. The third kappa shape index (κ3) is 6.03. The predicted molar refractivity (Wildman–Crippen MR) is 115 cm³/mol. The van der Waals surface area contributed by atoms with E-state index in [0.717, 1.165) is 15.1 Å². The van der Waals surface area contributed by atoms with Gasteiger partial charge in [0.15, 0.2) is 5.69 Å². The van der Waals surface area contributed by atoms with E-state index in [4.69, 9.17) is 9.90 Å². The van der Waals surface area contributed by atoms with E-state index < -0.39 is 30.7 Å². The number of thiophene rings is 1. The van der Waals surface area contributed by atoms with Crippen molar-refractivity contribution in [3.05, 3.63) is 63.1 Å². The third-order valence-corrected chi connectivity index (χ3v) is 6.23. The van der Waals surface area contributed by atoms with Gasteiger partial charge in [0.2, 0.25) is 0 Å². The molecule has 0 unspecified atom stereocenters. The SMILES string of the molecule is N#Cc1cc2c(s1)CNC[C@H]2c1ccccc1-c1cn(CCF)nc1C(F)(F)F.O=C(O)C(F)(F)F. The highest BCUT2D eigenvalue weighted by atomic mass is 32.1. The Hall–Kier alpha value is -3.44. The number of nitrogens with one attached hydrogen (secondary N) is 1. The Morgan fingerprint density at radius 2 is 1.86 bits per heavy atom. The molecule has 0 amide bonds. The number of nitriles is 1. The number of aryl methyl sites for hydroxylation is 1. The van der Waals surface area contributed by atoms with Crippen LogP contribution < -0.4 is 5.32 Å². The van der Waals surface area contributed by atoms with E-state index in [2.05, 4.69) is 16.5 Å². The molecule has 3 aromatic rings. The highest BCUT2D eigenvalue weighted by Gasteiger charge is 2.39. The molecule has 1 aromatic carbocycles. The first kappa shape index (κ1) is 27.2. The van der Waals surface area contributed by atoms with E-state index in [1.54, 1.807) is 24.3 Å². The van der Waals surface area contributed by atoms with Gasteiger partial charge in [0.25, 0.3) is 0 Å². The summed E-state index contributed by atoms with van der Waals surface area (Å²) in [6, 6.07) is 10.9. The Kier molecular flexibility index (Phi) is 8.05. The van der Waals surface area contributed by atoms with Crippen LogP contribution >= 0.6 is 11.3 Å². The number of halogens is 7. The summed E-state index contributed by atoms with van der Waals surface area (Å²) < 4.78 is 86.3. The first-order valence-corrected chi connectivity index (χ1v) is 11.0. The first-order valence-electron chi connectivity index (χ1n) is 10.2. The summed E-state index contributed by atoms with van der Waals surface area (Å²) in [5.74, 6) is -2.95. The van der Waals surface area contributed by atoms with Crippen LogP contribution in [-0.2, 0) is 24.1 Å². The molecular formula is C22H17F7N4O2S. The van der Waals surface area contributed by atoms with E-state index in [0.29, 0.717) is 29.1 Å². The van der Waals surface area contributed by atoms with Crippen molar-refractivity contribution in [1.82, 2.24) is 15.1 Å². The fourth-order valence-corrected chi connectivity index (χ4v) is 4.71. The Bertz CT molecular complexity index is 1270. The van der Waals surface area contributed by atoms with Gasteiger partial charge in [-0.15, -0.1) is 11.3 Å². The standard InChI is InChI=1S/C20H16F4N4S.C2HF3O2/c21-5-6-28-11-17(19(27-28)20(22,23)24)14-4-2-1-3-13(14)16-9-26-10-18-15(16)7-12(8-25)29-18;3-2(4,5)1(6)7/h1-4,7,11,16,26H,5-6,9-10H2;(H,6,7)/t16-;/m0./s1. The van der Waals surface area contributed by atoms with Crippen molar-refractivity contribution in [3.63, 3.8) is 0 Å². The van der Waals surface area contributed by atoms with Gasteiger partial charge in [-0.1, -0.05) is 24.3 Å². The van der Waals surface area contributed by atoms with Crippen LogP contribution in [-0.4, -0.2) is 40.3 Å². The van der Waals surface area contributed by atoms with Gasteiger partial charge in [-0.3, -0.25) is 4.68 Å². The molecule has 4 rings (SSSR count). The van der Waals surface area contributed by atoms with Crippen molar-refractivity contribution >= 4 is 17.3 Å². The highest BCUT2D eigenvalue weighted by Crippen LogP contribution is 2.42. The number of carboxylic acid groups (broad SMARTS) is 1. The lowest BCUT2D eigenvalue weighted by atomic mass is 9.84. The zero-order valence-corrected chi connectivity index (χ0v) is 18.9. The first-order chi connectivity index (χ1) is 16.9. The van der Waals surface area contributed by atoms with Crippen molar-refractivity contribution in [2.75, 3.05) is 13.2 Å². The van der Waals surface area contributed by atoms with Crippen LogP contribution in [0.15, 0.2) is 36.5 Å². The number of fused-ring (bicyclic) bond motifs is 1.